The van der Waals surface area contributed by atoms with Crippen LogP contribution in [0.3, 0.4) is 0 Å². The van der Waals surface area contributed by atoms with Crippen molar-refractivity contribution >= 4 is 16.9 Å². The quantitative estimate of drug-likeness (QED) is 0.642. The number of hydrogen-bond acceptors (Lipinski definition) is 3. The maximum Gasteiger partial charge on any atom is 0.223 e. The second-order valence-corrected chi connectivity index (χ2v) is 8.56. The molecule has 0 aliphatic carbocycles. The molecule has 1 aliphatic rings. The number of benzene rings is 2. The second kappa shape index (κ2) is 9.43. The Kier molecular flexibility index (Phi) is 6.48. The number of carbonyl (C=O) groups excluding carboxylic acids is 1. The molecule has 4 rings (SSSR count). The third-order valence-electron chi connectivity index (χ3n) is 6.06. The van der Waals surface area contributed by atoms with Crippen LogP contribution in [0.4, 0.5) is 0 Å². The number of aromatic nitrogens is 2. The summed E-state index contributed by atoms with van der Waals surface area (Å²) in [5.41, 5.74) is 3.53. The van der Waals surface area contributed by atoms with Crippen LogP contribution in [0.25, 0.3) is 11.0 Å². The molecule has 0 spiro atoms. The second-order valence-electron chi connectivity index (χ2n) is 8.56. The van der Waals surface area contributed by atoms with Crippen LogP contribution in [0.5, 0.6) is 0 Å². The predicted molar refractivity (Wildman–Crippen MR) is 121 cm³/mol. The van der Waals surface area contributed by atoms with Crippen molar-refractivity contribution in [2.24, 2.45) is 5.92 Å². The number of amides is 1. The van der Waals surface area contributed by atoms with Gasteiger partial charge < -0.3 is 9.88 Å². The fraction of sp³-hybridized carbons (Fsp3) is 0.440. The maximum absolute atomic E-state index is 12.6. The summed E-state index contributed by atoms with van der Waals surface area (Å²) in [5.74, 6) is 1.46. The lowest BCUT2D eigenvalue weighted by molar-refractivity contribution is -0.126. The average Bonchev–Trinajstić information content (AvgIpc) is 3.13. The van der Waals surface area contributed by atoms with Crippen LogP contribution in [-0.4, -0.2) is 40.0 Å². The minimum atomic E-state index is 0.126. The van der Waals surface area contributed by atoms with Crippen molar-refractivity contribution in [3.63, 3.8) is 0 Å². The van der Waals surface area contributed by atoms with E-state index in [4.69, 9.17) is 4.98 Å². The first-order valence-electron chi connectivity index (χ1n) is 11.1. The minimum absolute atomic E-state index is 0.126. The van der Waals surface area contributed by atoms with E-state index < -0.39 is 0 Å². The summed E-state index contributed by atoms with van der Waals surface area (Å²) in [7, 11) is 0. The van der Waals surface area contributed by atoms with Gasteiger partial charge in [-0.1, -0.05) is 42.5 Å². The van der Waals surface area contributed by atoms with Gasteiger partial charge in [0, 0.05) is 18.5 Å². The van der Waals surface area contributed by atoms with Crippen LogP contribution >= 0.6 is 0 Å². The van der Waals surface area contributed by atoms with Gasteiger partial charge in [0.15, 0.2) is 0 Å². The molecule has 0 atom stereocenters. The number of likely N-dealkylation sites (tertiary alicyclic amines) is 1. The van der Waals surface area contributed by atoms with Crippen LogP contribution in [-0.2, 0) is 17.8 Å². The molecule has 0 radical (unpaired) electrons. The molecule has 30 heavy (non-hydrogen) atoms. The van der Waals surface area contributed by atoms with Gasteiger partial charge in [-0.2, -0.15) is 0 Å². The molecule has 1 aliphatic heterocycles. The topological polar surface area (TPSA) is 50.2 Å². The molecule has 1 fully saturated rings. The number of fused-ring (bicyclic) bond motifs is 1. The van der Waals surface area contributed by atoms with Crippen LogP contribution in [0.1, 0.15) is 44.1 Å². The molecule has 0 saturated carbocycles. The van der Waals surface area contributed by atoms with E-state index in [1.165, 1.54) is 11.1 Å². The van der Waals surface area contributed by atoms with Gasteiger partial charge in [-0.3, -0.25) is 9.69 Å². The van der Waals surface area contributed by atoms with E-state index >= 15 is 0 Å². The Labute approximate surface area is 179 Å². The number of para-hydroxylation sites is 2. The van der Waals surface area contributed by atoms with Gasteiger partial charge in [-0.25, -0.2) is 4.98 Å². The van der Waals surface area contributed by atoms with E-state index in [1.807, 2.05) is 24.3 Å². The highest BCUT2D eigenvalue weighted by atomic mass is 16.1. The van der Waals surface area contributed by atoms with Crippen molar-refractivity contribution in [1.29, 1.82) is 0 Å². The summed E-state index contributed by atoms with van der Waals surface area (Å²) < 4.78 is 2.34. The average molecular weight is 405 g/mol. The van der Waals surface area contributed by atoms with E-state index in [0.717, 1.165) is 50.2 Å². The van der Waals surface area contributed by atoms with E-state index in [0.29, 0.717) is 12.6 Å². The number of carbonyl (C=O) groups is 1. The zero-order valence-corrected chi connectivity index (χ0v) is 18.1. The number of piperidine rings is 1. The molecular formula is C25H32N4O. The SMILES string of the molecule is CC(C)n1c(CN2CCC(C(=O)NCCc3ccccc3)CC2)nc2ccccc21. The lowest BCUT2D eigenvalue weighted by atomic mass is 9.96. The minimum Gasteiger partial charge on any atom is -0.356 e. The Balaban J connectivity index is 1.29. The van der Waals surface area contributed by atoms with Crippen molar-refractivity contribution in [3.8, 4) is 0 Å². The molecule has 0 unspecified atom stereocenters. The van der Waals surface area contributed by atoms with Crippen LogP contribution in [0.2, 0.25) is 0 Å². The monoisotopic (exact) mass is 404 g/mol. The van der Waals surface area contributed by atoms with Gasteiger partial charge in [0.05, 0.1) is 17.6 Å². The first-order valence-corrected chi connectivity index (χ1v) is 11.1. The Hall–Kier alpha value is -2.66. The smallest absolute Gasteiger partial charge is 0.223 e. The summed E-state index contributed by atoms with van der Waals surface area (Å²) in [6.07, 6.45) is 2.72. The Morgan fingerprint density at radius 1 is 1.07 bits per heavy atom. The Morgan fingerprint density at radius 2 is 1.77 bits per heavy atom. The largest absolute Gasteiger partial charge is 0.356 e. The van der Waals surface area contributed by atoms with E-state index in [2.05, 4.69) is 59.0 Å². The molecule has 158 valence electrons. The highest BCUT2D eigenvalue weighted by Gasteiger charge is 2.26. The van der Waals surface area contributed by atoms with Crippen LogP contribution < -0.4 is 5.32 Å². The number of rotatable bonds is 7. The van der Waals surface area contributed by atoms with Crippen LogP contribution in [0.15, 0.2) is 54.6 Å². The Bertz CT molecular complexity index is 971. The van der Waals surface area contributed by atoms with Crippen molar-refractivity contribution in [3.05, 3.63) is 66.0 Å². The summed E-state index contributed by atoms with van der Waals surface area (Å²) in [4.78, 5) is 19.9. The molecule has 2 heterocycles. The molecule has 1 saturated heterocycles. The Morgan fingerprint density at radius 3 is 2.50 bits per heavy atom. The predicted octanol–water partition coefficient (Wildman–Crippen LogP) is 4.19. The van der Waals surface area contributed by atoms with E-state index in [9.17, 15) is 4.79 Å². The normalized spacial score (nSPS) is 15.7. The third-order valence-corrected chi connectivity index (χ3v) is 6.06. The zero-order chi connectivity index (χ0) is 20.9. The van der Waals surface area contributed by atoms with Gasteiger partial charge in [0.1, 0.15) is 5.82 Å². The van der Waals surface area contributed by atoms with Gasteiger partial charge in [-0.05, 0) is 63.9 Å². The molecule has 5 nitrogen and oxygen atoms in total. The molecule has 1 N–H and O–H groups in total. The van der Waals surface area contributed by atoms with Crippen molar-refractivity contribution in [2.75, 3.05) is 19.6 Å². The summed E-state index contributed by atoms with van der Waals surface area (Å²) >= 11 is 0. The molecule has 1 amide bonds. The van der Waals surface area contributed by atoms with E-state index in [-0.39, 0.29) is 11.8 Å². The highest BCUT2D eigenvalue weighted by molar-refractivity contribution is 5.78. The lowest BCUT2D eigenvalue weighted by Gasteiger charge is -2.31. The first-order chi connectivity index (χ1) is 14.6. The van der Waals surface area contributed by atoms with Gasteiger partial charge in [0.2, 0.25) is 5.91 Å². The molecular weight excluding hydrogens is 372 g/mol. The molecule has 3 aromatic rings. The number of imidazole rings is 1. The van der Waals surface area contributed by atoms with Gasteiger partial charge in [0.25, 0.3) is 0 Å². The van der Waals surface area contributed by atoms with Crippen molar-refractivity contribution in [2.45, 2.75) is 45.7 Å². The summed E-state index contributed by atoms with van der Waals surface area (Å²) in [6.45, 7) is 7.86. The summed E-state index contributed by atoms with van der Waals surface area (Å²) in [6, 6.07) is 19.1. The first kappa shape index (κ1) is 20.6. The van der Waals surface area contributed by atoms with E-state index in [1.54, 1.807) is 0 Å². The molecule has 5 heteroatoms. The highest BCUT2D eigenvalue weighted by Crippen LogP contribution is 2.24. The van der Waals surface area contributed by atoms with Crippen LogP contribution in [0, 0.1) is 5.92 Å². The lowest BCUT2D eigenvalue weighted by Crippen LogP contribution is -2.41. The molecule has 2 aromatic carbocycles. The number of nitrogens with one attached hydrogen (secondary N) is 1. The molecule has 0 bridgehead atoms. The van der Waals surface area contributed by atoms with Crippen molar-refractivity contribution in [1.82, 2.24) is 19.8 Å². The van der Waals surface area contributed by atoms with Crippen molar-refractivity contribution < 1.29 is 4.79 Å². The maximum atomic E-state index is 12.6. The zero-order valence-electron chi connectivity index (χ0n) is 18.1. The number of nitrogens with zero attached hydrogens (tertiary/aromatic N) is 3. The standard InChI is InChI=1S/C25H32N4O/c1-19(2)29-23-11-7-6-10-22(23)27-24(29)18-28-16-13-21(14-17-28)25(30)26-15-12-20-8-4-3-5-9-20/h3-11,19,21H,12-18H2,1-2H3,(H,26,30). The fourth-order valence-electron chi connectivity index (χ4n) is 4.45. The number of hydrogen-bond donors (Lipinski definition) is 1. The third kappa shape index (κ3) is 4.73. The summed E-state index contributed by atoms with van der Waals surface area (Å²) in [5, 5.41) is 3.13. The van der Waals surface area contributed by atoms with Gasteiger partial charge >= 0.3 is 0 Å². The van der Waals surface area contributed by atoms with Gasteiger partial charge in [-0.15, -0.1) is 0 Å². The molecule has 1 aromatic heterocycles. The fourth-order valence-corrected chi connectivity index (χ4v) is 4.45.